The van der Waals surface area contributed by atoms with E-state index in [1.54, 1.807) is 6.20 Å². The highest BCUT2D eigenvalue weighted by Crippen LogP contribution is 2.02. The average molecular weight is 210 g/mol. The predicted octanol–water partition coefficient (Wildman–Crippen LogP) is 3.04. The Balaban J connectivity index is 1.93. The van der Waals surface area contributed by atoms with Crippen LogP contribution in [0.1, 0.15) is 50.7 Å². The van der Waals surface area contributed by atoms with E-state index in [-0.39, 0.29) is 0 Å². The maximum absolute atomic E-state index is 5.35. The zero-order chi connectivity index (χ0) is 10.9. The molecule has 0 saturated heterocycles. The quantitative estimate of drug-likeness (QED) is 0.670. The van der Waals surface area contributed by atoms with Crippen LogP contribution in [0.5, 0.6) is 0 Å². The smallest absolute Gasteiger partial charge is 0.208 e. The summed E-state index contributed by atoms with van der Waals surface area (Å²) in [7, 11) is 0. The highest BCUT2D eigenvalue weighted by atomic mass is 16.4. The third-order valence-corrected chi connectivity index (χ3v) is 2.40. The number of nitrogens with zero attached hydrogens (tertiary/aromatic N) is 1. The predicted molar refractivity (Wildman–Crippen MR) is 61.7 cm³/mol. The van der Waals surface area contributed by atoms with E-state index in [0.717, 1.165) is 24.7 Å². The van der Waals surface area contributed by atoms with E-state index >= 15 is 0 Å². The Bertz CT molecular complexity index is 258. The van der Waals surface area contributed by atoms with E-state index < -0.39 is 0 Å². The van der Waals surface area contributed by atoms with Crippen molar-refractivity contribution >= 4 is 0 Å². The lowest BCUT2D eigenvalue weighted by molar-refractivity contribution is 0.446. The summed E-state index contributed by atoms with van der Waals surface area (Å²) in [6.45, 7) is 5.97. The number of unbranched alkanes of at least 4 members (excludes halogenated alkanes) is 4. The number of hydrogen-bond acceptors (Lipinski definition) is 3. The normalized spacial score (nSPS) is 10.8. The summed E-state index contributed by atoms with van der Waals surface area (Å²) in [4.78, 5) is 4.13. The van der Waals surface area contributed by atoms with Gasteiger partial charge >= 0.3 is 0 Å². The molecule has 1 rings (SSSR count). The first-order chi connectivity index (χ1) is 7.33. The Kier molecular flexibility index (Phi) is 6.09. The first kappa shape index (κ1) is 12.2. The second-order valence-corrected chi connectivity index (χ2v) is 3.96. The monoisotopic (exact) mass is 210 g/mol. The van der Waals surface area contributed by atoms with Crippen molar-refractivity contribution in [2.45, 2.75) is 52.5 Å². The van der Waals surface area contributed by atoms with E-state index in [1.165, 1.54) is 32.1 Å². The van der Waals surface area contributed by atoms with Gasteiger partial charge in [0.25, 0.3) is 0 Å². The Morgan fingerprint density at radius 3 is 2.73 bits per heavy atom. The number of aryl methyl sites for hydroxylation is 1. The third kappa shape index (κ3) is 5.57. The minimum absolute atomic E-state index is 0.752. The van der Waals surface area contributed by atoms with E-state index in [0.29, 0.717) is 0 Å². The van der Waals surface area contributed by atoms with E-state index in [2.05, 4.69) is 17.2 Å². The summed E-state index contributed by atoms with van der Waals surface area (Å²) >= 11 is 0. The van der Waals surface area contributed by atoms with Gasteiger partial charge in [0.1, 0.15) is 5.76 Å². The molecule has 0 radical (unpaired) electrons. The van der Waals surface area contributed by atoms with Gasteiger partial charge in [-0.25, -0.2) is 4.98 Å². The molecule has 3 nitrogen and oxygen atoms in total. The van der Waals surface area contributed by atoms with Crippen LogP contribution >= 0.6 is 0 Å². The number of aromatic nitrogens is 1. The fourth-order valence-corrected chi connectivity index (χ4v) is 1.53. The van der Waals surface area contributed by atoms with Crippen molar-refractivity contribution in [1.29, 1.82) is 0 Å². The molecular formula is C12H22N2O. The lowest BCUT2D eigenvalue weighted by Gasteiger charge is -2.01. The van der Waals surface area contributed by atoms with Gasteiger partial charge in [-0.05, 0) is 19.9 Å². The van der Waals surface area contributed by atoms with Crippen molar-refractivity contribution in [3.8, 4) is 0 Å². The van der Waals surface area contributed by atoms with Gasteiger partial charge in [0.05, 0.1) is 12.7 Å². The van der Waals surface area contributed by atoms with Crippen LogP contribution < -0.4 is 5.32 Å². The maximum atomic E-state index is 5.35. The molecule has 0 fully saturated rings. The maximum Gasteiger partial charge on any atom is 0.208 e. The van der Waals surface area contributed by atoms with Gasteiger partial charge in [-0.1, -0.05) is 32.6 Å². The fraction of sp³-hybridized carbons (Fsp3) is 0.750. The highest BCUT2D eigenvalue weighted by Gasteiger charge is 1.98. The molecule has 0 aromatic carbocycles. The molecule has 0 amide bonds. The van der Waals surface area contributed by atoms with Crippen molar-refractivity contribution in [3.05, 3.63) is 17.8 Å². The molecule has 0 spiro atoms. The number of nitrogens with one attached hydrogen (secondary N) is 1. The largest absolute Gasteiger partial charge is 0.445 e. The van der Waals surface area contributed by atoms with Crippen LogP contribution in [0.2, 0.25) is 0 Å². The van der Waals surface area contributed by atoms with Gasteiger partial charge in [0.15, 0.2) is 0 Å². The van der Waals surface area contributed by atoms with Crippen LogP contribution in [0.3, 0.4) is 0 Å². The van der Waals surface area contributed by atoms with E-state index in [4.69, 9.17) is 4.42 Å². The molecule has 0 aliphatic heterocycles. The van der Waals surface area contributed by atoms with Gasteiger partial charge in [-0.3, -0.25) is 0 Å². The molecule has 15 heavy (non-hydrogen) atoms. The molecule has 0 bridgehead atoms. The van der Waals surface area contributed by atoms with E-state index in [9.17, 15) is 0 Å². The lowest BCUT2D eigenvalue weighted by Crippen LogP contribution is -2.14. The molecule has 1 heterocycles. The Morgan fingerprint density at radius 2 is 2.07 bits per heavy atom. The van der Waals surface area contributed by atoms with Crippen LogP contribution in [-0.4, -0.2) is 11.5 Å². The van der Waals surface area contributed by atoms with Crippen LogP contribution in [0.4, 0.5) is 0 Å². The molecule has 3 heteroatoms. The van der Waals surface area contributed by atoms with Gasteiger partial charge in [0.2, 0.25) is 5.89 Å². The van der Waals surface area contributed by atoms with E-state index in [1.807, 2.05) is 6.92 Å². The topological polar surface area (TPSA) is 38.1 Å². The molecule has 0 atom stereocenters. The van der Waals surface area contributed by atoms with Crippen molar-refractivity contribution in [2.24, 2.45) is 0 Å². The van der Waals surface area contributed by atoms with Gasteiger partial charge in [-0.15, -0.1) is 0 Å². The zero-order valence-corrected chi connectivity index (χ0v) is 9.88. The summed E-state index contributed by atoms with van der Waals surface area (Å²) in [5, 5.41) is 3.34. The number of oxazole rings is 1. The Hall–Kier alpha value is -0.830. The molecule has 1 aromatic heterocycles. The van der Waals surface area contributed by atoms with Crippen LogP contribution in [-0.2, 0) is 6.54 Å². The van der Waals surface area contributed by atoms with Crippen LogP contribution in [0, 0.1) is 6.92 Å². The van der Waals surface area contributed by atoms with Crippen LogP contribution in [0.15, 0.2) is 10.6 Å². The second-order valence-electron chi connectivity index (χ2n) is 3.96. The lowest BCUT2D eigenvalue weighted by atomic mass is 10.1. The minimum Gasteiger partial charge on any atom is -0.445 e. The second kappa shape index (κ2) is 7.46. The molecule has 0 unspecified atom stereocenters. The summed E-state index contributed by atoms with van der Waals surface area (Å²) in [6, 6.07) is 0. The van der Waals surface area contributed by atoms with Crippen molar-refractivity contribution < 1.29 is 4.42 Å². The minimum atomic E-state index is 0.752. The van der Waals surface area contributed by atoms with Crippen molar-refractivity contribution in [1.82, 2.24) is 10.3 Å². The first-order valence-corrected chi connectivity index (χ1v) is 5.95. The molecular weight excluding hydrogens is 188 g/mol. The summed E-state index contributed by atoms with van der Waals surface area (Å²) < 4.78 is 5.35. The zero-order valence-electron chi connectivity index (χ0n) is 9.88. The fourth-order valence-electron chi connectivity index (χ4n) is 1.53. The highest BCUT2D eigenvalue weighted by molar-refractivity contribution is 4.90. The molecule has 0 saturated carbocycles. The summed E-state index contributed by atoms with van der Waals surface area (Å²) in [5.41, 5.74) is 0. The summed E-state index contributed by atoms with van der Waals surface area (Å²) in [6.07, 6.45) is 8.36. The van der Waals surface area contributed by atoms with Crippen LogP contribution in [0.25, 0.3) is 0 Å². The van der Waals surface area contributed by atoms with Gasteiger partial charge in [-0.2, -0.15) is 0 Å². The molecule has 0 aliphatic rings. The van der Waals surface area contributed by atoms with Crippen molar-refractivity contribution in [3.63, 3.8) is 0 Å². The Morgan fingerprint density at radius 1 is 1.27 bits per heavy atom. The third-order valence-electron chi connectivity index (χ3n) is 2.40. The van der Waals surface area contributed by atoms with Gasteiger partial charge < -0.3 is 9.73 Å². The molecule has 1 aromatic rings. The Labute approximate surface area is 92.3 Å². The number of rotatable bonds is 8. The molecule has 1 N–H and O–H groups in total. The summed E-state index contributed by atoms with van der Waals surface area (Å²) in [5.74, 6) is 1.68. The van der Waals surface area contributed by atoms with Gasteiger partial charge in [0, 0.05) is 0 Å². The SMILES string of the molecule is CCCCCCCNCc1ncc(C)o1. The standard InChI is InChI=1S/C12H22N2O/c1-3-4-5-6-7-8-13-10-12-14-9-11(2)15-12/h9,13H,3-8,10H2,1-2H3. The average Bonchev–Trinajstić information content (AvgIpc) is 2.63. The molecule has 86 valence electrons. The van der Waals surface area contributed by atoms with Crippen molar-refractivity contribution in [2.75, 3.05) is 6.54 Å². The first-order valence-electron chi connectivity index (χ1n) is 5.95. The molecule has 0 aliphatic carbocycles. The number of hydrogen-bond donors (Lipinski definition) is 1.